The van der Waals surface area contributed by atoms with Gasteiger partial charge in [0.15, 0.2) is 0 Å². The first-order valence-electron chi connectivity index (χ1n) is 7.94. The number of carbonyl (C=O) groups excluding carboxylic acids is 1. The van der Waals surface area contributed by atoms with Crippen molar-refractivity contribution in [3.05, 3.63) is 47.8 Å². The number of sulfonamides is 1. The van der Waals surface area contributed by atoms with Crippen molar-refractivity contribution >= 4 is 15.9 Å². The maximum absolute atomic E-state index is 12.5. The van der Waals surface area contributed by atoms with Crippen molar-refractivity contribution < 1.29 is 13.2 Å². The second-order valence-electron chi connectivity index (χ2n) is 6.32. The molecule has 7 nitrogen and oxygen atoms in total. The number of rotatable bonds is 6. The van der Waals surface area contributed by atoms with Gasteiger partial charge in [-0.05, 0) is 38.1 Å². The van der Waals surface area contributed by atoms with Gasteiger partial charge < -0.3 is 4.90 Å². The fourth-order valence-corrected chi connectivity index (χ4v) is 3.70. The quantitative estimate of drug-likeness (QED) is 0.782. The summed E-state index contributed by atoms with van der Waals surface area (Å²) in [5.74, 6) is -0.176. The van der Waals surface area contributed by atoms with Crippen molar-refractivity contribution in [2.24, 2.45) is 7.05 Å². The molecule has 1 aromatic carbocycles. The van der Waals surface area contributed by atoms with Crippen LogP contribution in [-0.2, 0) is 23.6 Å². The van der Waals surface area contributed by atoms with Crippen LogP contribution in [0.25, 0.3) is 0 Å². The van der Waals surface area contributed by atoms with E-state index in [1.165, 1.54) is 16.4 Å². The van der Waals surface area contributed by atoms with Gasteiger partial charge in [0.05, 0.1) is 11.1 Å². The maximum atomic E-state index is 12.5. The summed E-state index contributed by atoms with van der Waals surface area (Å²) < 4.78 is 27.9. The van der Waals surface area contributed by atoms with Gasteiger partial charge in [-0.3, -0.25) is 9.48 Å². The second kappa shape index (κ2) is 7.37. The van der Waals surface area contributed by atoms with E-state index in [0.29, 0.717) is 12.1 Å². The van der Waals surface area contributed by atoms with Gasteiger partial charge in [-0.1, -0.05) is 0 Å². The summed E-state index contributed by atoms with van der Waals surface area (Å²) in [6.45, 7) is 4.05. The zero-order chi connectivity index (χ0) is 18.8. The van der Waals surface area contributed by atoms with Gasteiger partial charge in [-0.2, -0.15) is 9.40 Å². The molecule has 0 aliphatic carbocycles. The lowest BCUT2D eigenvalue weighted by molar-refractivity contribution is 0.0785. The summed E-state index contributed by atoms with van der Waals surface area (Å²) in [4.78, 5) is 14.2. The van der Waals surface area contributed by atoms with E-state index in [1.807, 2.05) is 27.1 Å². The number of hydrogen-bond acceptors (Lipinski definition) is 4. The number of aromatic nitrogens is 2. The molecule has 8 heteroatoms. The SMILES string of the molecule is CC(C)N(C)S(=O)(=O)c1ccc(C(=O)N(C)Cc2cnn(C)c2)cc1. The summed E-state index contributed by atoms with van der Waals surface area (Å²) in [6, 6.07) is 5.89. The van der Waals surface area contributed by atoms with E-state index in [1.54, 1.807) is 42.0 Å². The van der Waals surface area contributed by atoms with E-state index >= 15 is 0 Å². The average Bonchev–Trinajstić information content (AvgIpc) is 2.98. The van der Waals surface area contributed by atoms with Gasteiger partial charge in [-0.15, -0.1) is 0 Å². The van der Waals surface area contributed by atoms with Crippen LogP contribution in [0.3, 0.4) is 0 Å². The van der Waals surface area contributed by atoms with E-state index in [0.717, 1.165) is 5.56 Å². The van der Waals surface area contributed by atoms with Crippen molar-refractivity contribution in [1.29, 1.82) is 0 Å². The Morgan fingerprint density at radius 1 is 1.20 bits per heavy atom. The molecule has 0 fully saturated rings. The van der Waals surface area contributed by atoms with Crippen LogP contribution in [0.1, 0.15) is 29.8 Å². The van der Waals surface area contributed by atoms with Crippen molar-refractivity contribution in [3.8, 4) is 0 Å². The number of carbonyl (C=O) groups is 1. The van der Waals surface area contributed by atoms with E-state index in [9.17, 15) is 13.2 Å². The first-order chi connectivity index (χ1) is 11.6. The van der Waals surface area contributed by atoms with E-state index in [-0.39, 0.29) is 16.8 Å². The lowest BCUT2D eigenvalue weighted by Crippen LogP contribution is -2.33. The zero-order valence-electron chi connectivity index (χ0n) is 15.2. The van der Waals surface area contributed by atoms with Crippen LogP contribution in [0, 0.1) is 0 Å². The molecule has 136 valence electrons. The van der Waals surface area contributed by atoms with E-state index in [2.05, 4.69) is 5.10 Å². The van der Waals surface area contributed by atoms with Crippen molar-refractivity contribution in [2.45, 2.75) is 31.3 Å². The number of aryl methyl sites for hydroxylation is 1. The lowest BCUT2D eigenvalue weighted by atomic mass is 10.2. The predicted octanol–water partition coefficient (Wildman–Crippen LogP) is 1.72. The molecule has 2 rings (SSSR count). The van der Waals surface area contributed by atoms with Crippen LogP contribution < -0.4 is 0 Å². The Kier molecular flexibility index (Phi) is 5.64. The number of nitrogens with zero attached hydrogens (tertiary/aromatic N) is 4. The smallest absolute Gasteiger partial charge is 0.253 e. The molecular formula is C17H24N4O3S. The van der Waals surface area contributed by atoms with Crippen molar-refractivity contribution in [2.75, 3.05) is 14.1 Å². The highest BCUT2D eigenvalue weighted by molar-refractivity contribution is 7.89. The second-order valence-corrected chi connectivity index (χ2v) is 8.32. The van der Waals surface area contributed by atoms with Gasteiger partial charge in [0.25, 0.3) is 5.91 Å². The van der Waals surface area contributed by atoms with E-state index in [4.69, 9.17) is 0 Å². The molecule has 1 amide bonds. The topological polar surface area (TPSA) is 75.5 Å². The van der Waals surface area contributed by atoms with Crippen LogP contribution in [0.4, 0.5) is 0 Å². The highest BCUT2D eigenvalue weighted by Crippen LogP contribution is 2.18. The summed E-state index contributed by atoms with van der Waals surface area (Å²) >= 11 is 0. The van der Waals surface area contributed by atoms with Crippen LogP contribution in [0.5, 0.6) is 0 Å². The Labute approximate surface area is 148 Å². The summed E-state index contributed by atoms with van der Waals surface area (Å²) in [6.07, 6.45) is 3.56. The van der Waals surface area contributed by atoms with Gasteiger partial charge in [0.2, 0.25) is 10.0 Å². The Balaban J connectivity index is 2.14. The Hall–Kier alpha value is -2.19. The molecule has 1 heterocycles. The fraction of sp³-hybridized carbons (Fsp3) is 0.412. The molecule has 0 N–H and O–H groups in total. The molecule has 0 saturated heterocycles. The Morgan fingerprint density at radius 2 is 1.80 bits per heavy atom. The molecule has 25 heavy (non-hydrogen) atoms. The third kappa shape index (κ3) is 4.26. The minimum absolute atomic E-state index is 0.142. The summed E-state index contributed by atoms with van der Waals surface area (Å²) in [5.41, 5.74) is 1.37. The third-order valence-electron chi connectivity index (χ3n) is 4.03. The average molecular weight is 364 g/mol. The van der Waals surface area contributed by atoms with Gasteiger partial charge >= 0.3 is 0 Å². The molecule has 1 aromatic heterocycles. The highest BCUT2D eigenvalue weighted by Gasteiger charge is 2.23. The summed E-state index contributed by atoms with van der Waals surface area (Å²) in [5, 5.41) is 4.08. The summed E-state index contributed by atoms with van der Waals surface area (Å²) in [7, 11) is 1.51. The molecule has 0 bridgehead atoms. The molecule has 0 unspecified atom stereocenters. The normalized spacial score (nSPS) is 12.0. The monoisotopic (exact) mass is 364 g/mol. The maximum Gasteiger partial charge on any atom is 0.253 e. The van der Waals surface area contributed by atoms with Crippen molar-refractivity contribution in [3.63, 3.8) is 0 Å². The van der Waals surface area contributed by atoms with Crippen LogP contribution in [0.15, 0.2) is 41.6 Å². The number of amides is 1. The molecule has 0 aliphatic rings. The molecule has 0 saturated carbocycles. The van der Waals surface area contributed by atoms with Crippen LogP contribution in [0.2, 0.25) is 0 Å². The minimum Gasteiger partial charge on any atom is -0.337 e. The lowest BCUT2D eigenvalue weighted by Gasteiger charge is -2.21. The fourth-order valence-electron chi connectivity index (χ4n) is 2.33. The first-order valence-corrected chi connectivity index (χ1v) is 9.38. The first kappa shape index (κ1) is 19.1. The molecule has 0 aliphatic heterocycles. The van der Waals surface area contributed by atoms with Crippen LogP contribution >= 0.6 is 0 Å². The van der Waals surface area contributed by atoms with Gasteiger partial charge in [-0.25, -0.2) is 8.42 Å². The predicted molar refractivity (Wildman–Crippen MR) is 95.5 cm³/mol. The third-order valence-corrected chi connectivity index (χ3v) is 6.08. The molecule has 2 aromatic rings. The highest BCUT2D eigenvalue weighted by atomic mass is 32.2. The zero-order valence-corrected chi connectivity index (χ0v) is 16.0. The number of hydrogen-bond donors (Lipinski definition) is 0. The van der Waals surface area contributed by atoms with Gasteiger partial charge in [0, 0.05) is 51.1 Å². The van der Waals surface area contributed by atoms with E-state index < -0.39 is 10.0 Å². The molecule has 0 radical (unpaired) electrons. The molecule has 0 spiro atoms. The molecular weight excluding hydrogens is 340 g/mol. The molecule has 0 atom stereocenters. The van der Waals surface area contributed by atoms with Gasteiger partial charge in [0.1, 0.15) is 0 Å². The largest absolute Gasteiger partial charge is 0.337 e. The minimum atomic E-state index is -3.55. The Bertz CT molecular complexity index is 841. The Morgan fingerprint density at radius 3 is 2.28 bits per heavy atom. The number of benzene rings is 1. The van der Waals surface area contributed by atoms with Crippen LogP contribution in [-0.4, -0.2) is 53.4 Å². The van der Waals surface area contributed by atoms with Crippen molar-refractivity contribution in [1.82, 2.24) is 19.0 Å². The standard InChI is InChI=1S/C17H24N4O3S/c1-13(2)21(5)25(23,24)16-8-6-15(7-9-16)17(22)19(3)11-14-10-18-20(4)12-14/h6-10,12-13H,11H2,1-5H3.